The van der Waals surface area contributed by atoms with Gasteiger partial charge in [-0.2, -0.15) is 4.31 Å². The first-order valence-corrected chi connectivity index (χ1v) is 7.46. The summed E-state index contributed by atoms with van der Waals surface area (Å²) in [7, 11) is -1.80. The minimum atomic E-state index is -3.42. The molecule has 0 atom stereocenters. The highest BCUT2D eigenvalue weighted by Crippen LogP contribution is 2.20. The molecular weight excluding hydrogens is 250 g/mol. The molecule has 0 bridgehead atoms. The minimum absolute atomic E-state index is 0.0299. The van der Waals surface area contributed by atoms with Gasteiger partial charge < -0.3 is 5.43 Å². The van der Waals surface area contributed by atoms with Crippen molar-refractivity contribution < 1.29 is 8.42 Å². The second kappa shape index (κ2) is 6.17. The number of rotatable bonds is 6. The molecule has 18 heavy (non-hydrogen) atoms. The van der Waals surface area contributed by atoms with Gasteiger partial charge in [-0.3, -0.25) is 5.84 Å². The number of nitrogens with two attached hydrogens (primary N) is 1. The molecule has 102 valence electrons. The molecule has 3 N–H and O–H groups in total. The molecule has 1 aromatic carbocycles. The van der Waals surface area contributed by atoms with Crippen molar-refractivity contribution in [1.82, 2.24) is 4.31 Å². The average molecular weight is 271 g/mol. The third kappa shape index (κ3) is 3.01. The van der Waals surface area contributed by atoms with Crippen LogP contribution in [-0.2, 0) is 10.0 Å². The number of hydrogen-bond donors (Lipinski definition) is 2. The monoisotopic (exact) mass is 271 g/mol. The molecule has 0 aromatic heterocycles. The van der Waals surface area contributed by atoms with Crippen molar-refractivity contribution in [1.29, 1.82) is 0 Å². The minimum Gasteiger partial charge on any atom is -0.324 e. The zero-order valence-corrected chi connectivity index (χ0v) is 11.9. The highest BCUT2D eigenvalue weighted by molar-refractivity contribution is 7.89. The number of hydrogen-bond acceptors (Lipinski definition) is 4. The Hall–Kier alpha value is -1.11. The van der Waals surface area contributed by atoms with E-state index in [4.69, 9.17) is 5.84 Å². The highest BCUT2D eigenvalue weighted by atomic mass is 32.2. The molecule has 1 aromatic rings. The smallest absolute Gasteiger partial charge is 0.243 e. The topological polar surface area (TPSA) is 75.4 Å². The fourth-order valence-corrected chi connectivity index (χ4v) is 3.39. The van der Waals surface area contributed by atoms with Crippen LogP contribution in [0.2, 0.25) is 0 Å². The van der Waals surface area contributed by atoms with Gasteiger partial charge in [-0.1, -0.05) is 13.8 Å². The van der Waals surface area contributed by atoms with Crippen LogP contribution in [0.25, 0.3) is 0 Å². The van der Waals surface area contributed by atoms with E-state index < -0.39 is 10.0 Å². The average Bonchev–Trinajstić information content (AvgIpc) is 2.40. The predicted octanol–water partition coefficient (Wildman–Crippen LogP) is 1.78. The number of nitrogen functional groups attached to an aromatic ring is 1. The fourth-order valence-electron chi connectivity index (χ4n) is 1.89. The van der Waals surface area contributed by atoms with Crippen molar-refractivity contribution >= 4 is 15.7 Å². The van der Waals surface area contributed by atoms with Crippen LogP contribution in [0.1, 0.15) is 26.7 Å². The fraction of sp³-hybridized carbons (Fsp3) is 0.500. The number of benzene rings is 1. The van der Waals surface area contributed by atoms with E-state index in [1.807, 2.05) is 13.8 Å². The van der Waals surface area contributed by atoms with E-state index >= 15 is 0 Å². The zero-order chi connectivity index (χ0) is 13.8. The Labute approximate surface area is 109 Å². The van der Waals surface area contributed by atoms with Crippen molar-refractivity contribution in [3.63, 3.8) is 0 Å². The van der Waals surface area contributed by atoms with Gasteiger partial charge in [0.2, 0.25) is 10.0 Å². The van der Waals surface area contributed by atoms with E-state index in [2.05, 4.69) is 5.43 Å². The molecule has 5 nitrogen and oxygen atoms in total. The van der Waals surface area contributed by atoms with Crippen LogP contribution in [-0.4, -0.2) is 25.8 Å². The molecule has 6 heteroatoms. The number of sulfonamides is 1. The summed E-state index contributed by atoms with van der Waals surface area (Å²) in [6.07, 6.45) is 1.60. The first kappa shape index (κ1) is 14.9. The normalized spacial score (nSPS) is 12.1. The molecule has 0 aliphatic rings. The summed E-state index contributed by atoms with van der Waals surface area (Å²) in [6, 6.07) is 6.44. The largest absolute Gasteiger partial charge is 0.324 e. The van der Waals surface area contributed by atoms with Gasteiger partial charge in [0.05, 0.1) is 4.90 Å². The van der Waals surface area contributed by atoms with E-state index in [0.717, 1.165) is 12.8 Å². The maximum atomic E-state index is 12.4. The lowest BCUT2D eigenvalue weighted by molar-refractivity contribution is 0.349. The van der Waals surface area contributed by atoms with Crippen molar-refractivity contribution in [3.8, 4) is 0 Å². The predicted molar refractivity (Wildman–Crippen MR) is 73.6 cm³/mol. The molecule has 0 amide bonds. The summed E-state index contributed by atoms with van der Waals surface area (Å²) in [6.45, 7) is 3.98. The first-order chi connectivity index (χ1) is 8.47. The molecule has 1 rings (SSSR count). The van der Waals surface area contributed by atoms with Gasteiger partial charge in [-0.25, -0.2) is 8.42 Å². The van der Waals surface area contributed by atoms with E-state index in [1.54, 1.807) is 31.3 Å². The molecule has 0 saturated heterocycles. The number of nitrogens with zero attached hydrogens (tertiary/aromatic N) is 1. The highest BCUT2D eigenvalue weighted by Gasteiger charge is 2.25. The van der Waals surface area contributed by atoms with Gasteiger partial charge in [0.25, 0.3) is 0 Å². The Morgan fingerprint density at radius 3 is 2.11 bits per heavy atom. The molecule has 0 aliphatic heterocycles. The number of nitrogens with one attached hydrogen (secondary N) is 1. The lowest BCUT2D eigenvalue weighted by atomic mass is 10.2. The first-order valence-electron chi connectivity index (χ1n) is 6.02. The maximum absolute atomic E-state index is 12.4. The Morgan fingerprint density at radius 2 is 1.72 bits per heavy atom. The van der Waals surface area contributed by atoms with Gasteiger partial charge in [0, 0.05) is 18.8 Å². The van der Waals surface area contributed by atoms with Gasteiger partial charge in [0.15, 0.2) is 0 Å². The van der Waals surface area contributed by atoms with E-state index in [9.17, 15) is 8.42 Å². The maximum Gasteiger partial charge on any atom is 0.243 e. The van der Waals surface area contributed by atoms with Gasteiger partial charge >= 0.3 is 0 Å². The van der Waals surface area contributed by atoms with Crippen LogP contribution in [0.5, 0.6) is 0 Å². The second-order valence-corrected chi connectivity index (χ2v) is 6.16. The lowest BCUT2D eigenvalue weighted by Gasteiger charge is -2.25. The SMILES string of the molecule is CCC(CC)N(C)S(=O)(=O)c1ccc(NN)cc1. The molecule has 0 aliphatic carbocycles. The Bertz CT molecular complexity index is 467. The van der Waals surface area contributed by atoms with Crippen molar-refractivity contribution in [2.45, 2.75) is 37.6 Å². The van der Waals surface area contributed by atoms with E-state index in [0.29, 0.717) is 5.69 Å². The summed E-state index contributed by atoms with van der Waals surface area (Å²) in [4.78, 5) is 0.288. The number of anilines is 1. The van der Waals surface area contributed by atoms with Gasteiger partial charge in [-0.15, -0.1) is 0 Å². The molecule has 0 spiro atoms. The van der Waals surface area contributed by atoms with Crippen LogP contribution < -0.4 is 11.3 Å². The van der Waals surface area contributed by atoms with Crippen molar-refractivity contribution in [2.24, 2.45) is 5.84 Å². The van der Waals surface area contributed by atoms with Crippen LogP contribution in [0.4, 0.5) is 5.69 Å². The van der Waals surface area contributed by atoms with Crippen LogP contribution in [0.15, 0.2) is 29.2 Å². The van der Waals surface area contributed by atoms with Crippen LogP contribution in [0, 0.1) is 0 Å². The molecule has 0 unspecified atom stereocenters. The summed E-state index contributed by atoms with van der Waals surface area (Å²) in [5.41, 5.74) is 3.15. The molecule has 0 heterocycles. The lowest BCUT2D eigenvalue weighted by Crippen LogP contribution is -2.36. The van der Waals surface area contributed by atoms with Crippen LogP contribution in [0.3, 0.4) is 0 Å². The van der Waals surface area contributed by atoms with Crippen molar-refractivity contribution in [3.05, 3.63) is 24.3 Å². The van der Waals surface area contributed by atoms with Crippen LogP contribution >= 0.6 is 0 Å². The number of hydrazine groups is 1. The third-order valence-electron chi connectivity index (χ3n) is 3.15. The standard InChI is InChI=1S/C12H21N3O2S/c1-4-11(5-2)15(3)18(16,17)12-8-6-10(14-13)7-9-12/h6-9,11,14H,4-5,13H2,1-3H3. The Balaban J connectivity index is 3.04. The summed E-state index contributed by atoms with van der Waals surface area (Å²) < 4.78 is 26.2. The van der Waals surface area contributed by atoms with E-state index in [-0.39, 0.29) is 10.9 Å². The Kier molecular flexibility index (Phi) is 5.13. The van der Waals surface area contributed by atoms with Crippen molar-refractivity contribution in [2.75, 3.05) is 12.5 Å². The molecule has 0 radical (unpaired) electrons. The molecule has 0 saturated carbocycles. The summed E-state index contributed by atoms with van der Waals surface area (Å²) in [5.74, 6) is 5.25. The quantitative estimate of drug-likeness (QED) is 0.611. The van der Waals surface area contributed by atoms with E-state index in [1.165, 1.54) is 4.31 Å². The second-order valence-electron chi connectivity index (χ2n) is 4.16. The summed E-state index contributed by atoms with van der Waals surface area (Å²) >= 11 is 0. The molecule has 0 fully saturated rings. The summed E-state index contributed by atoms with van der Waals surface area (Å²) in [5, 5.41) is 0. The van der Waals surface area contributed by atoms with Gasteiger partial charge in [0.1, 0.15) is 0 Å². The Morgan fingerprint density at radius 1 is 1.22 bits per heavy atom. The third-order valence-corrected chi connectivity index (χ3v) is 5.08. The molecular formula is C12H21N3O2S. The zero-order valence-electron chi connectivity index (χ0n) is 11.1. The van der Waals surface area contributed by atoms with Gasteiger partial charge in [-0.05, 0) is 37.1 Å².